The number of nitriles is 3. The predicted octanol–water partition coefficient (Wildman–Crippen LogP) is 3.42. The molecule has 2 aliphatic carbocycles. The van der Waals surface area contributed by atoms with E-state index in [0.717, 1.165) is 24.0 Å². The first kappa shape index (κ1) is 22.9. The van der Waals surface area contributed by atoms with Gasteiger partial charge in [-0.2, -0.15) is 15.8 Å². The highest BCUT2D eigenvalue weighted by atomic mass is 16.5. The number of amides is 1. The molecule has 2 aliphatic rings. The topological polar surface area (TPSA) is 150 Å². The van der Waals surface area contributed by atoms with Crippen LogP contribution >= 0.6 is 0 Å². The van der Waals surface area contributed by atoms with Gasteiger partial charge in [-0.3, -0.25) is 4.79 Å². The van der Waals surface area contributed by atoms with Crippen molar-refractivity contribution in [3.05, 3.63) is 52.7 Å². The molecule has 1 aromatic rings. The molecule has 0 aliphatic heterocycles. The van der Waals surface area contributed by atoms with Gasteiger partial charge in [0, 0.05) is 5.92 Å². The van der Waals surface area contributed by atoms with E-state index in [0.29, 0.717) is 11.7 Å². The molecule has 0 bridgehead atoms. The molecule has 7 nitrogen and oxygen atoms in total. The minimum atomic E-state index is -1.66. The highest BCUT2D eigenvalue weighted by Crippen LogP contribution is 2.57. The van der Waals surface area contributed by atoms with Gasteiger partial charge in [0.25, 0.3) is 5.91 Å². The number of benzene rings is 1. The van der Waals surface area contributed by atoms with E-state index in [4.69, 9.17) is 16.2 Å². The third kappa shape index (κ3) is 3.81. The normalized spacial score (nSPS) is 24.2. The Morgan fingerprint density at radius 3 is 2.31 bits per heavy atom. The van der Waals surface area contributed by atoms with E-state index < -0.39 is 17.2 Å². The van der Waals surface area contributed by atoms with Gasteiger partial charge in [0.05, 0.1) is 23.4 Å². The molecule has 0 heterocycles. The van der Waals surface area contributed by atoms with Crippen molar-refractivity contribution in [1.82, 2.24) is 0 Å². The molecular weight excluding hydrogens is 402 g/mol. The Morgan fingerprint density at radius 2 is 1.81 bits per heavy atom. The van der Waals surface area contributed by atoms with Gasteiger partial charge in [0.1, 0.15) is 11.8 Å². The number of fused-ring (bicyclic) bond motifs is 1. The Kier molecular flexibility index (Phi) is 6.02. The summed E-state index contributed by atoms with van der Waals surface area (Å²) in [4.78, 5) is 11.0. The molecule has 0 radical (unpaired) electrons. The fourth-order valence-corrected chi connectivity index (χ4v) is 4.90. The van der Waals surface area contributed by atoms with Crippen molar-refractivity contribution in [1.29, 1.82) is 15.8 Å². The zero-order valence-electron chi connectivity index (χ0n) is 18.6. The zero-order chi connectivity index (χ0) is 23.7. The predicted molar refractivity (Wildman–Crippen MR) is 118 cm³/mol. The van der Waals surface area contributed by atoms with E-state index in [9.17, 15) is 20.6 Å². The molecule has 0 saturated heterocycles. The van der Waals surface area contributed by atoms with E-state index in [2.05, 4.69) is 45.1 Å². The zero-order valence-corrected chi connectivity index (χ0v) is 18.6. The van der Waals surface area contributed by atoms with Crippen molar-refractivity contribution >= 4 is 5.91 Å². The van der Waals surface area contributed by atoms with Crippen LogP contribution in [0.3, 0.4) is 0 Å². The van der Waals surface area contributed by atoms with Crippen molar-refractivity contribution in [2.45, 2.75) is 39.5 Å². The van der Waals surface area contributed by atoms with Gasteiger partial charge in [0.2, 0.25) is 0 Å². The van der Waals surface area contributed by atoms with Gasteiger partial charge in [-0.25, -0.2) is 0 Å². The second kappa shape index (κ2) is 8.40. The van der Waals surface area contributed by atoms with E-state index in [-0.39, 0.29) is 29.2 Å². The lowest BCUT2D eigenvalue weighted by Crippen LogP contribution is -2.44. The van der Waals surface area contributed by atoms with Crippen LogP contribution < -0.4 is 16.2 Å². The Hall–Kier alpha value is -3.76. The average Bonchev–Trinajstić information content (AvgIpc) is 2.76. The van der Waals surface area contributed by atoms with Crippen molar-refractivity contribution in [3.63, 3.8) is 0 Å². The molecule has 0 fully saturated rings. The summed E-state index contributed by atoms with van der Waals surface area (Å²) in [5.41, 5.74) is 11.7. The number of rotatable bonds is 4. The first-order valence-corrected chi connectivity index (χ1v) is 10.5. The maximum absolute atomic E-state index is 11.0. The molecule has 3 rings (SSSR count). The summed E-state index contributed by atoms with van der Waals surface area (Å²) >= 11 is 0. The molecule has 0 saturated carbocycles. The first-order chi connectivity index (χ1) is 15.1. The molecule has 1 unspecified atom stereocenters. The molecule has 1 amide bonds. The molecule has 1 aromatic carbocycles. The van der Waals surface area contributed by atoms with E-state index in [1.165, 1.54) is 0 Å². The van der Waals surface area contributed by atoms with Crippen LogP contribution in [0, 0.1) is 56.7 Å². The highest BCUT2D eigenvalue weighted by Gasteiger charge is 2.55. The third-order valence-corrected chi connectivity index (χ3v) is 6.72. The van der Waals surface area contributed by atoms with Crippen LogP contribution in [0.2, 0.25) is 0 Å². The summed E-state index contributed by atoms with van der Waals surface area (Å²) in [6.45, 7) is 6.29. The second-order valence-electron chi connectivity index (χ2n) is 9.53. The lowest BCUT2D eigenvalue weighted by molar-refractivity contribution is -0.119. The maximum atomic E-state index is 11.0. The first-order valence-electron chi connectivity index (χ1n) is 10.5. The van der Waals surface area contributed by atoms with Crippen LogP contribution in [0.5, 0.6) is 5.75 Å². The van der Waals surface area contributed by atoms with Gasteiger partial charge >= 0.3 is 0 Å². The van der Waals surface area contributed by atoms with Crippen molar-refractivity contribution in [3.8, 4) is 24.0 Å². The largest absolute Gasteiger partial charge is 0.484 e. The Labute approximate surface area is 188 Å². The fraction of sp³-hybridized carbons (Fsp3) is 0.440. The smallest absolute Gasteiger partial charge is 0.255 e. The van der Waals surface area contributed by atoms with Crippen LogP contribution in [0.15, 0.2) is 47.2 Å². The quantitative estimate of drug-likeness (QED) is 0.748. The molecular formula is C25H27N5O2. The Balaban J connectivity index is 2.16. The van der Waals surface area contributed by atoms with Gasteiger partial charge in [-0.05, 0) is 53.4 Å². The monoisotopic (exact) mass is 429 g/mol. The van der Waals surface area contributed by atoms with Crippen molar-refractivity contribution < 1.29 is 9.53 Å². The minimum Gasteiger partial charge on any atom is -0.484 e. The van der Waals surface area contributed by atoms with Gasteiger partial charge < -0.3 is 16.2 Å². The number of hydrogen-bond acceptors (Lipinski definition) is 6. The van der Waals surface area contributed by atoms with Crippen LogP contribution in [0.4, 0.5) is 0 Å². The maximum Gasteiger partial charge on any atom is 0.255 e. The average molecular weight is 430 g/mol. The number of primary amides is 1. The summed E-state index contributed by atoms with van der Waals surface area (Å²) in [6.07, 6.45) is 3.61. The lowest BCUT2D eigenvalue weighted by Gasteiger charge is -2.47. The van der Waals surface area contributed by atoms with Crippen LogP contribution in [0.25, 0.3) is 0 Å². The van der Waals surface area contributed by atoms with E-state index >= 15 is 0 Å². The van der Waals surface area contributed by atoms with Crippen molar-refractivity contribution in [2.75, 3.05) is 6.61 Å². The number of ether oxygens (including phenoxy) is 1. The molecule has 32 heavy (non-hydrogen) atoms. The van der Waals surface area contributed by atoms with Crippen LogP contribution in [-0.2, 0) is 4.79 Å². The molecule has 0 aromatic heterocycles. The van der Waals surface area contributed by atoms with E-state index in [1.807, 2.05) is 0 Å². The number of nitrogens with zero attached hydrogens (tertiary/aromatic N) is 3. The second-order valence-corrected chi connectivity index (χ2v) is 9.53. The summed E-state index contributed by atoms with van der Waals surface area (Å²) in [6, 6.07) is 13.4. The molecule has 4 N–H and O–H groups in total. The summed E-state index contributed by atoms with van der Waals surface area (Å²) in [5, 5.41) is 30.2. The highest BCUT2D eigenvalue weighted by molar-refractivity contribution is 5.75. The van der Waals surface area contributed by atoms with Crippen molar-refractivity contribution in [2.24, 2.45) is 34.1 Å². The summed E-state index contributed by atoms with van der Waals surface area (Å²) < 4.78 is 5.35. The van der Waals surface area contributed by atoms with Gasteiger partial charge in [0.15, 0.2) is 12.0 Å². The summed E-state index contributed by atoms with van der Waals surface area (Å²) in [5.74, 6) is -0.549. The van der Waals surface area contributed by atoms with Gasteiger partial charge in [-0.1, -0.05) is 39.0 Å². The lowest BCUT2D eigenvalue weighted by atomic mass is 9.54. The number of carbonyl (C=O) groups excluding carboxylic acids is 1. The third-order valence-electron chi connectivity index (χ3n) is 6.72. The van der Waals surface area contributed by atoms with E-state index in [1.54, 1.807) is 24.3 Å². The standard InChI is InChI=1S/C25H27N5O2/c1-24(2,3)16-6-9-18-19(10-16)22(25(13-27,14-28)23(30)20(18)11-26)15-4-7-17(8-5-15)32-12-21(29)31/h4-5,7-9,16,19,22H,6,10,12,30H2,1-3H3,(H2,29,31)/t16?,19-,22+/m1/s1. The molecule has 7 heteroatoms. The van der Waals surface area contributed by atoms with Gasteiger partial charge in [-0.15, -0.1) is 0 Å². The number of carbonyl (C=O) groups is 1. The summed E-state index contributed by atoms with van der Waals surface area (Å²) in [7, 11) is 0. The van der Waals surface area contributed by atoms with Crippen LogP contribution in [0.1, 0.15) is 45.1 Å². The SMILES string of the molecule is CC(C)(C)C1CC=C2C(C#N)=C(N)C(C#N)(C#N)[C@@H](c3ccc(OCC(N)=O)cc3)[C@@H]2C1. The number of hydrogen-bond donors (Lipinski definition) is 2. The Morgan fingerprint density at radius 1 is 1.19 bits per heavy atom. The Bertz CT molecular complexity index is 1090. The van der Waals surface area contributed by atoms with Crippen LogP contribution in [-0.4, -0.2) is 12.5 Å². The minimum absolute atomic E-state index is 0.0146. The fourth-order valence-electron chi connectivity index (χ4n) is 4.90. The molecule has 164 valence electrons. The molecule has 0 spiro atoms. The molecule has 3 atom stereocenters. The number of allylic oxidation sites excluding steroid dienone is 4. The number of nitrogens with two attached hydrogens (primary N) is 2.